The van der Waals surface area contributed by atoms with Crippen LogP contribution >= 0.6 is 11.6 Å². The van der Waals surface area contributed by atoms with E-state index in [2.05, 4.69) is 15.2 Å². The number of aryl methyl sites for hydroxylation is 1. The van der Waals surface area contributed by atoms with Crippen molar-refractivity contribution in [2.45, 2.75) is 0 Å². The Kier molecular flexibility index (Phi) is 3.68. The van der Waals surface area contributed by atoms with E-state index in [-0.39, 0.29) is 11.7 Å². The lowest BCUT2D eigenvalue weighted by Gasteiger charge is -2.08. The summed E-state index contributed by atoms with van der Waals surface area (Å²) in [6.45, 7) is -0.0346. The molecule has 0 saturated heterocycles. The lowest BCUT2D eigenvalue weighted by molar-refractivity contribution is -0.138. The molecule has 0 bridgehead atoms. The third kappa shape index (κ3) is 2.95. The van der Waals surface area contributed by atoms with Gasteiger partial charge in [0.15, 0.2) is 5.15 Å². The molecule has 0 atom stereocenters. The second-order valence-corrected chi connectivity index (χ2v) is 3.10. The van der Waals surface area contributed by atoms with Gasteiger partial charge in [0.2, 0.25) is 5.43 Å². The van der Waals surface area contributed by atoms with Crippen LogP contribution < -0.4 is 10.7 Å². The Balaban J connectivity index is 2.82. The van der Waals surface area contributed by atoms with Gasteiger partial charge in [-0.1, -0.05) is 11.6 Å². The number of aromatic nitrogens is 2. The van der Waals surface area contributed by atoms with Gasteiger partial charge < -0.3 is 10.1 Å². The normalized spacial score (nSPS) is 9.80. The number of hydrogen-bond donors (Lipinski definition) is 1. The summed E-state index contributed by atoms with van der Waals surface area (Å²) >= 11 is 5.51. The topological polar surface area (TPSA) is 73.2 Å². The molecule has 0 aliphatic carbocycles. The van der Waals surface area contributed by atoms with Crippen LogP contribution in [0.2, 0.25) is 5.15 Å². The smallest absolute Gasteiger partial charge is 0.325 e. The molecule has 0 aliphatic rings. The molecule has 1 aromatic heterocycles. The summed E-state index contributed by atoms with van der Waals surface area (Å²) in [6.07, 6.45) is 0. The lowest BCUT2D eigenvalue weighted by atomic mass is 10.5. The summed E-state index contributed by atoms with van der Waals surface area (Å²) in [5.74, 6) is -0.0350. The molecule has 6 nitrogen and oxygen atoms in total. The van der Waals surface area contributed by atoms with Crippen LogP contribution in [-0.2, 0) is 16.6 Å². The van der Waals surface area contributed by atoms with Crippen LogP contribution in [-0.4, -0.2) is 29.4 Å². The van der Waals surface area contributed by atoms with Crippen LogP contribution in [0.5, 0.6) is 0 Å². The molecule has 82 valence electrons. The molecule has 0 unspecified atom stereocenters. The van der Waals surface area contributed by atoms with E-state index in [0.717, 1.165) is 0 Å². The predicted molar refractivity (Wildman–Crippen MR) is 55.0 cm³/mol. The number of anilines is 1. The van der Waals surface area contributed by atoms with E-state index >= 15 is 0 Å². The number of carbonyl (C=O) groups is 1. The van der Waals surface area contributed by atoms with E-state index < -0.39 is 11.4 Å². The molecule has 15 heavy (non-hydrogen) atoms. The third-order valence-corrected chi connectivity index (χ3v) is 1.96. The summed E-state index contributed by atoms with van der Waals surface area (Å²) in [6, 6.07) is 1.26. The van der Waals surface area contributed by atoms with E-state index in [9.17, 15) is 9.59 Å². The predicted octanol–water partition coefficient (Wildman–Crippen LogP) is 0.0186. The highest BCUT2D eigenvalue weighted by molar-refractivity contribution is 6.29. The van der Waals surface area contributed by atoms with Crippen molar-refractivity contribution in [1.82, 2.24) is 9.78 Å². The van der Waals surface area contributed by atoms with Gasteiger partial charge in [0, 0.05) is 13.1 Å². The van der Waals surface area contributed by atoms with Crippen molar-refractivity contribution in [3.63, 3.8) is 0 Å². The number of carbonyl (C=O) groups excluding carboxylic acids is 1. The fourth-order valence-electron chi connectivity index (χ4n) is 0.912. The minimum atomic E-state index is -0.433. The molecule has 0 aliphatic heterocycles. The van der Waals surface area contributed by atoms with Crippen molar-refractivity contribution in [1.29, 1.82) is 0 Å². The van der Waals surface area contributed by atoms with E-state index in [1.807, 2.05) is 0 Å². The minimum Gasteiger partial charge on any atom is -0.468 e. The molecule has 1 N–H and O–H groups in total. The van der Waals surface area contributed by atoms with Crippen molar-refractivity contribution in [3.05, 3.63) is 21.4 Å². The van der Waals surface area contributed by atoms with Gasteiger partial charge in [0.1, 0.15) is 12.4 Å². The Morgan fingerprint density at radius 3 is 3.00 bits per heavy atom. The van der Waals surface area contributed by atoms with Crippen LogP contribution in [0, 0.1) is 0 Å². The second kappa shape index (κ2) is 4.79. The van der Waals surface area contributed by atoms with Gasteiger partial charge in [-0.15, -0.1) is 0 Å². The Labute approximate surface area is 90.8 Å². The van der Waals surface area contributed by atoms with Crippen LogP contribution in [0.4, 0.5) is 5.82 Å². The zero-order valence-electron chi connectivity index (χ0n) is 8.28. The first kappa shape index (κ1) is 11.5. The first-order valence-corrected chi connectivity index (χ1v) is 4.47. The van der Waals surface area contributed by atoms with Crippen molar-refractivity contribution in [2.24, 2.45) is 7.05 Å². The van der Waals surface area contributed by atoms with Crippen LogP contribution in [0.25, 0.3) is 0 Å². The molecule has 0 amide bonds. The number of nitrogens with one attached hydrogen (secondary N) is 1. The van der Waals surface area contributed by atoms with Gasteiger partial charge in [-0.05, 0) is 0 Å². The average Bonchev–Trinajstić information content (AvgIpc) is 2.21. The molecule has 1 heterocycles. The number of ether oxygens (including phenoxy) is 1. The monoisotopic (exact) mass is 231 g/mol. The Bertz CT molecular complexity index is 430. The number of nitrogens with zero attached hydrogens (tertiary/aromatic N) is 2. The lowest BCUT2D eigenvalue weighted by Crippen LogP contribution is -2.20. The van der Waals surface area contributed by atoms with Crippen molar-refractivity contribution < 1.29 is 9.53 Å². The highest BCUT2D eigenvalue weighted by Gasteiger charge is 2.05. The van der Waals surface area contributed by atoms with E-state index in [4.69, 9.17) is 11.6 Å². The van der Waals surface area contributed by atoms with Gasteiger partial charge in [0.05, 0.1) is 7.11 Å². The van der Waals surface area contributed by atoms with E-state index in [0.29, 0.717) is 5.82 Å². The second-order valence-electron chi connectivity index (χ2n) is 2.74. The molecule has 1 rings (SSSR count). The molecule has 0 aromatic carbocycles. The Morgan fingerprint density at radius 1 is 1.73 bits per heavy atom. The van der Waals surface area contributed by atoms with E-state index in [1.54, 1.807) is 7.05 Å². The molecule has 0 saturated carbocycles. The van der Waals surface area contributed by atoms with Crippen molar-refractivity contribution in [2.75, 3.05) is 19.0 Å². The van der Waals surface area contributed by atoms with Gasteiger partial charge in [0.25, 0.3) is 0 Å². The fourth-order valence-corrected chi connectivity index (χ4v) is 1.08. The molecule has 0 fully saturated rings. The number of halogens is 1. The molecular weight excluding hydrogens is 222 g/mol. The third-order valence-electron chi connectivity index (χ3n) is 1.70. The highest BCUT2D eigenvalue weighted by atomic mass is 35.5. The maximum atomic E-state index is 11.1. The standard InChI is InChI=1S/C8H10ClN3O3/c1-12-6(10-4-7(14)15-2)3-5(13)8(9)11-12/h3,10H,4H2,1-2H3. The Hall–Kier alpha value is -1.56. The summed E-state index contributed by atoms with van der Waals surface area (Å²) in [5, 5.41) is 6.32. The van der Waals surface area contributed by atoms with Gasteiger partial charge in [-0.3, -0.25) is 14.3 Å². The maximum absolute atomic E-state index is 11.1. The zero-order valence-corrected chi connectivity index (χ0v) is 9.04. The summed E-state index contributed by atoms with van der Waals surface area (Å²) < 4.78 is 5.80. The molecule has 7 heteroatoms. The first-order chi connectivity index (χ1) is 7.04. The minimum absolute atomic E-state index is 0.0346. The van der Waals surface area contributed by atoms with Gasteiger partial charge in [-0.2, -0.15) is 5.10 Å². The van der Waals surface area contributed by atoms with Crippen LogP contribution in [0.15, 0.2) is 10.9 Å². The van der Waals surface area contributed by atoms with E-state index in [1.165, 1.54) is 17.9 Å². The highest BCUT2D eigenvalue weighted by Crippen LogP contribution is 2.03. The first-order valence-electron chi connectivity index (χ1n) is 4.09. The van der Waals surface area contributed by atoms with Crippen molar-refractivity contribution >= 4 is 23.4 Å². The zero-order chi connectivity index (χ0) is 11.4. The number of methoxy groups -OCH3 is 1. The molecule has 1 aromatic rings. The SMILES string of the molecule is COC(=O)CNc1cc(=O)c(Cl)nn1C. The largest absolute Gasteiger partial charge is 0.468 e. The van der Waals surface area contributed by atoms with Gasteiger partial charge >= 0.3 is 5.97 Å². The summed E-state index contributed by atoms with van der Waals surface area (Å²) in [4.78, 5) is 22.0. The number of hydrogen-bond acceptors (Lipinski definition) is 5. The maximum Gasteiger partial charge on any atom is 0.325 e. The quantitative estimate of drug-likeness (QED) is 0.743. The van der Waals surface area contributed by atoms with Crippen LogP contribution in [0.3, 0.4) is 0 Å². The summed E-state index contributed by atoms with van der Waals surface area (Å²) in [5.41, 5.74) is -0.401. The van der Waals surface area contributed by atoms with Gasteiger partial charge in [-0.25, -0.2) is 0 Å². The molecule has 0 radical (unpaired) electrons. The fraction of sp³-hybridized carbons (Fsp3) is 0.375. The Morgan fingerprint density at radius 2 is 2.40 bits per heavy atom. The van der Waals surface area contributed by atoms with Crippen molar-refractivity contribution in [3.8, 4) is 0 Å². The van der Waals surface area contributed by atoms with Crippen LogP contribution in [0.1, 0.15) is 0 Å². The number of esters is 1. The average molecular weight is 232 g/mol. The summed E-state index contributed by atoms with van der Waals surface area (Å²) in [7, 11) is 2.88. The number of rotatable bonds is 3. The molecular formula is C8H10ClN3O3. The molecule has 0 spiro atoms.